The third-order valence-electron chi connectivity index (χ3n) is 4.79. The van der Waals surface area contributed by atoms with E-state index in [9.17, 15) is 13.2 Å². The van der Waals surface area contributed by atoms with Gasteiger partial charge in [0.05, 0.1) is 46.4 Å². The first-order valence-electron chi connectivity index (χ1n) is 9.86. The normalized spacial score (nSPS) is 11.4. The molecule has 1 N–H and O–H groups in total. The Labute approximate surface area is 213 Å². The molecule has 34 heavy (non-hydrogen) atoms. The monoisotopic (exact) mass is 542 g/mol. The molecular formula is C23H21Cl3N2O5S. The lowest BCUT2D eigenvalue weighted by molar-refractivity contribution is -0.116. The molecule has 11 heteroatoms. The van der Waals surface area contributed by atoms with Crippen LogP contribution in [-0.4, -0.2) is 39.4 Å². The van der Waals surface area contributed by atoms with E-state index in [0.717, 1.165) is 4.31 Å². The highest BCUT2D eigenvalue weighted by Crippen LogP contribution is 2.36. The summed E-state index contributed by atoms with van der Waals surface area (Å²) >= 11 is 18.2. The fourth-order valence-electron chi connectivity index (χ4n) is 3.12. The molecular weight excluding hydrogens is 523 g/mol. The summed E-state index contributed by atoms with van der Waals surface area (Å²) in [4.78, 5) is 13.0. The molecule has 0 aliphatic carbocycles. The minimum absolute atomic E-state index is 0.0496. The number of ether oxygens (including phenoxy) is 2. The summed E-state index contributed by atoms with van der Waals surface area (Å²) in [6.07, 6.45) is 0. The first kappa shape index (κ1) is 26.1. The number of hydrogen-bond donors (Lipinski definition) is 1. The lowest BCUT2D eigenvalue weighted by atomic mass is 10.2. The van der Waals surface area contributed by atoms with Gasteiger partial charge >= 0.3 is 0 Å². The summed E-state index contributed by atoms with van der Waals surface area (Å²) in [5, 5.41) is 3.58. The van der Waals surface area contributed by atoms with Crippen LogP contribution in [0.15, 0.2) is 65.6 Å². The van der Waals surface area contributed by atoms with E-state index in [4.69, 9.17) is 44.3 Å². The molecule has 0 aliphatic heterocycles. The van der Waals surface area contributed by atoms with Crippen LogP contribution in [0.1, 0.15) is 5.56 Å². The molecule has 0 saturated carbocycles. The fourth-order valence-corrected chi connectivity index (χ4v) is 5.07. The van der Waals surface area contributed by atoms with Crippen LogP contribution in [-0.2, 0) is 21.4 Å². The molecule has 0 saturated heterocycles. The second-order valence-corrected chi connectivity index (χ2v) is 10.2. The topological polar surface area (TPSA) is 84.9 Å². The minimum atomic E-state index is -4.03. The first-order valence-corrected chi connectivity index (χ1v) is 12.4. The van der Waals surface area contributed by atoms with Crippen molar-refractivity contribution in [2.24, 2.45) is 0 Å². The van der Waals surface area contributed by atoms with E-state index in [1.807, 2.05) is 0 Å². The van der Waals surface area contributed by atoms with E-state index >= 15 is 0 Å². The van der Waals surface area contributed by atoms with Crippen molar-refractivity contribution in [1.82, 2.24) is 4.31 Å². The number of methoxy groups -OCH3 is 2. The molecule has 0 bridgehead atoms. The third-order valence-corrected chi connectivity index (χ3v) is 7.63. The van der Waals surface area contributed by atoms with E-state index in [2.05, 4.69) is 5.32 Å². The number of benzene rings is 3. The Morgan fingerprint density at radius 2 is 1.56 bits per heavy atom. The number of halogens is 3. The number of carbonyl (C=O) groups is 1. The SMILES string of the molecule is COc1cc(NC(=O)CN(Cc2ccc(Cl)c(Cl)c2)S(=O)(=O)c2ccccc2)c(OC)cc1Cl. The van der Waals surface area contributed by atoms with Gasteiger partial charge in [-0.3, -0.25) is 4.79 Å². The van der Waals surface area contributed by atoms with Crippen LogP contribution in [0.4, 0.5) is 5.69 Å². The van der Waals surface area contributed by atoms with E-state index in [1.165, 1.54) is 38.5 Å². The third kappa shape index (κ3) is 6.14. The number of nitrogens with one attached hydrogen (secondary N) is 1. The molecule has 180 valence electrons. The highest BCUT2D eigenvalue weighted by molar-refractivity contribution is 7.89. The molecule has 0 aromatic heterocycles. The summed E-state index contributed by atoms with van der Waals surface area (Å²) in [6.45, 7) is -0.589. The minimum Gasteiger partial charge on any atom is -0.495 e. The molecule has 7 nitrogen and oxygen atoms in total. The van der Waals surface area contributed by atoms with Gasteiger partial charge in [0, 0.05) is 18.7 Å². The molecule has 0 aliphatic rings. The molecule has 0 fully saturated rings. The van der Waals surface area contributed by atoms with Crippen LogP contribution in [0, 0.1) is 0 Å². The Bertz CT molecular complexity index is 1290. The molecule has 3 aromatic rings. The first-order chi connectivity index (χ1) is 16.1. The number of hydrogen-bond acceptors (Lipinski definition) is 5. The average molecular weight is 544 g/mol. The summed E-state index contributed by atoms with van der Waals surface area (Å²) in [6, 6.07) is 15.6. The highest BCUT2D eigenvalue weighted by atomic mass is 35.5. The van der Waals surface area contributed by atoms with Crippen LogP contribution in [0.25, 0.3) is 0 Å². The molecule has 0 radical (unpaired) electrons. The Morgan fingerprint density at radius 1 is 0.882 bits per heavy atom. The van der Waals surface area contributed by atoms with Crippen LogP contribution >= 0.6 is 34.8 Å². The van der Waals surface area contributed by atoms with Crippen molar-refractivity contribution in [2.45, 2.75) is 11.4 Å². The Hall–Kier alpha value is -2.49. The van der Waals surface area contributed by atoms with Crippen LogP contribution in [0.3, 0.4) is 0 Å². The van der Waals surface area contributed by atoms with Gasteiger partial charge in [-0.1, -0.05) is 59.1 Å². The van der Waals surface area contributed by atoms with E-state index < -0.39 is 22.5 Å². The zero-order valence-corrected chi connectivity index (χ0v) is 21.3. The van der Waals surface area contributed by atoms with Crippen molar-refractivity contribution in [3.05, 3.63) is 81.3 Å². The predicted molar refractivity (Wildman–Crippen MR) is 134 cm³/mol. The Balaban J connectivity index is 1.92. The Morgan fingerprint density at radius 3 is 2.18 bits per heavy atom. The molecule has 0 heterocycles. The van der Waals surface area contributed by atoms with E-state index in [0.29, 0.717) is 27.1 Å². The van der Waals surface area contributed by atoms with Gasteiger partial charge < -0.3 is 14.8 Å². The molecule has 1 amide bonds. The summed E-state index contributed by atoms with van der Waals surface area (Å²) in [7, 11) is -1.17. The van der Waals surface area contributed by atoms with Gasteiger partial charge in [-0.05, 0) is 29.8 Å². The maximum atomic E-state index is 13.4. The van der Waals surface area contributed by atoms with Crippen LogP contribution in [0.5, 0.6) is 11.5 Å². The molecule has 0 atom stereocenters. The maximum Gasteiger partial charge on any atom is 0.243 e. The van der Waals surface area contributed by atoms with Crippen LogP contribution < -0.4 is 14.8 Å². The quantitative estimate of drug-likeness (QED) is 0.386. The number of nitrogens with zero attached hydrogens (tertiary/aromatic N) is 1. The zero-order chi connectivity index (χ0) is 24.9. The van der Waals surface area contributed by atoms with E-state index in [1.54, 1.807) is 36.4 Å². The van der Waals surface area contributed by atoms with Gasteiger partial charge in [-0.25, -0.2) is 8.42 Å². The van der Waals surface area contributed by atoms with Gasteiger partial charge in [-0.2, -0.15) is 4.31 Å². The standard InChI is InChI=1S/C23H21Cl3N2O5S/c1-32-21-12-20(22(33-2)11-19(21)26)27-23(29)14-28(13-15-8-9-17(24)18(25)10-15)34(30,31)16-6-4-3-5-7-16/h3-12H,13-14H2,1-2H3,(H,27,29). The fraction of sp³-hybridized carbons (Fsp3) is 0.174. The summed E-state index contributed by atoms with van der Waals surface area (Å²) < 4.78 is 38.3. The Kier molecular flexibility index (Phi) is 8.67. The van der Waals surface area contributed by atoms with Gasteiger partial charge in [0.2, 0.25) is 15.9 Å². The van der Waals surface area contributed by atoms with Crippen molar-refractivity contribution < 1.29 is 22.7 Å². The van der Waals surface area contributed by atoms with Crippen molar-refractivity contribution in [3.8, 4) is 11.5 Å². The van der Waals surface area contributed by atoms with Crippen molar-refractivity contribution in [1.29, 1.82) is 0 Å². The number of sulfonamides is 1. The molecule has 3 aromatic carbocycles. The van der Waals surface area contributed by atoms with Gasteiger partial charge in [0.15, 0.2) is 0 Å². The van der Waals surface area contributed by atoms with Crippen molar-refractivity contribution in [3.63, 3.8) is 0 Å². The number of rotatable bonds is 9. The summed E-state index contributed by atoms with van der Waals surface area (Å²) in [5.41, 5.74) is 0.841. The highest BCUT2D eigenvalue weighted by Gasteiger charge is 2.27. The number of amides is 1. The molecule has 0 unspecified atom stereocenters. The van der Waals surface area contributed by atoms with Crippen molar-refractivity contribution >= 4 is 56.4 Å². The van der Waals surface area contributed by atoms with Crippen LogP contribution in [0.2, 0.25) is 15.1 Å². The van der Waals surface area contributed by atoms with Crippen molar-refractivity contribution in [2.75, 3.05) is 26.1 Å². The molecule has 0 spiro atoms. The lowest BCUT2D eigenvalue weighted by Gasteiger charge is -2.22. The van der Waals surface area contributed by atoms with Gasteiger partial charge in [0.1, 0.15) is 11.5 Å². The maximum absolute atomic E-state index is 13.4. The zero-order valence-electron chi connectivity index (χ0n) is 18.2. The number of anilines is 1. The number of carbonyl (C=O) groups excluding carboxylic acids is 1. The van der Waals surface area contributed by atoms with E-state index in [-0.39, 0.29) is 22.2 Å². The molecule has 3 rings (SSSR count). The second kappa shape index (κ2) is 11.3. The predicted octanol–water partition coefficient (Wildman–Crippen LogP) is 5.49. The second-order valence-electron chi connectivity index (χ2n) is 7.07. The average Bonchev–Trinajstić information content (AvgIpc) is 2.82. The summed E-state index contributed by atoms with van der Waals surface area (Å²) in [5.74, 6) is 0.0191. The van der Waals surface area contributed by atoms with Gasteiger partial charge in [-0.15, -0.1) is 0 Å². The van der Waals surface area contributed by atoms with Gasteiger partial charge in [0.25, 0.3) is 0 Å². The largest absolute Gasteiger partial charge is 0.495 e. The lowest BCUT2D eigenvalue weighted by Crippen LogP contribution is -2.37. The smallest absolute Gasteiger partial charge is 0.243 e.